The molecule has 3 fully saturated rings. The van der Waals surface area contributed by atoms with Crippen molar-refractivity contribution in [3.8, 4) is 0 Å². The van der Waals surface area contributed by atoms with Gasteiger partial charge in [0, 0.05) is 89.9 Å². The molecule has 0 aromatic carbocycles. The van der Waals surface area contributed by atoms with Gasteiger partial charge in [0.15, 0.2) is 0 Å². The first-order valence-corrected chi connectivity index (χ1v) is 10.4. The number of rotatable bonds is 5. The Balaban J connectivity index is 1.18. The van der Waals surface area contributed by atoms with Gasteiger partial charge in [0.05, 0.1) is 0 Å². The van der Waals surface area contributed by atoms with Gasteiger partial charge in [0.2, 0.25) is 5.95 Å². The van der Waals surface area contributed by atoms with Crippen molar-refractivity contribution in [2.45, 2.75) is 50.7 Å². The van der Waals surface area contributed by atoms with Crippen LogP contribution >= 0.6 is 0 Å². The van der Waals surface area contributed by atoms with Gasteiger partial charge in [-0.1, -0.05) is 19.3 Å². The number of hydrogen-bond donors (Lipinski definition) is 0. The van der Waals surface area contributed by atoms with Crippen LogP contribution in [0.3, 0.4) is 0 Å². The van der Waals surface area contributed by atoms with Gasteiger partial charge in [0.1, 0.15) is 0 Å². The first-order chi connectivity index (χ1) is 12.7. The summed E-state index contributed by atoms with van der Waals surface area (Å²) in [6.07, 6.45) is 11.2. The van der Waals surface area contributed by atoms with Gasteiger partial charge in [0.25, 0.3) is 0 Å². The zero-order chi connectivity index (χ0) is 17.9. The Hall–Kier alpha value is -1.24. The van der Waals surface area contributed by atoms with E-state index in [4.69, 9.17) is 0 Å². The quantitative estimate of drug-likeness (QED) is 0.797. The third-order valence-electron chi connectivity index (χ3n) is 6.39. The lowest BCUT2D eigenvalue weighted by molar-refractivity contribution is -0.0104. The van der Waals surface area contributed by atoms with Crippen LogP contribution in [0, 0.1) is 0 Å². The molecule has 26 heavy (non-hydrogen) atoms. The largest absolute Gasteiger partial charge is 0.347 e. The third kappa shape index (κ3) is 4.18. The Morgan fingerprint density at radius 3 is 2.04 bits per heavy atom. The van der Waals surface area contributed by atoms with Crippen LogP contribution in [0.4, 0.5) is 5.95 Å². The van der Waals surface area contributed by atoms with Crippen molar-refractivity contribution in [1.82, 2.24) is 24.7 Å². The molecule has 2 saturated heterocycles. The lowest BCUT2D eigenvalue weighted by Gasteiger charge is -2.49. The van der Waals surface area contributed by atoms with E-state index in [0.717, 1.165) is 24.6 Å². The molecule has 6 heteroatoms. The van der Waals surface area contributed by atoms with Gasteiger partial charge in [-0.2, -0.15) is 0 Å². The van der Waals surface area contributed by atoms with Crippen LogP contribution in [0.1, 0.15) is 37.7 Å². The predicted molar refractivity (Wildman–Crippen MR) is 105 cm³/mol. The van der Waals surface area contributed by atoms with Crippen LogP contribution < -0.4 is 4.90 Å². The van der Waals surface area contributed by atoms with Gasteiger partial charge in [-0.25, -0.2) is 9.97 Å². The number of likely N-dealkylation sites (tertiary alicyclic amines) is 1. The van der Waals surface area contributed by atoms with Crippen LogP contribution in [0.2, 0.25) is 0 Å². The van der Waals surface area contributed by atoms with E-state index in [0.29, 0.717) is 0 Å². The number of hydrogen-bond acceptors (Lipinski definition) is 6. The van der Waals surface area contributed by atoms with Gasteiger partial charge in [-0.3, -0.25) is 14.7 Å². The minimum atomic E-state index is 0.755. The van der Waals surface area contributed by atoms with Gasteiger partial charge >= 0.3 is 0 Å². The molecule has 144 valence electrons. The fourth-order valence-electron chi connectivity index (χ4n) is 4.74. The molecule has 1 saturated carbocycles. The summed E-state index contributed by atoms with van der Waals surface area (Å²) in [5, 5.41) is 0. The molecule has 1 aromatic heterocycles. The van der Waals surface area contributed by atoms with E-state index in [9.17, 15) is 0 Å². The predicted octanol–water partition coefficient (Wildman–Crippen LogP) is 1.68. The standard InChI is InChI=1S/C20H34N6/c1-23(2)20-21-12-17(13-22-20)14-24-15-19(16-24)26-10-8-25(9-11-26)18-6-4-3-5-7-18/h12-13,18-19H,3-11,14-16H2,1-2H3. The summed E-state index contributed by atoms with van der Waals surface area (Å²) < 4.78 is 0. The second-order valence-electron chi connectivity index (χ2n) is 8.50. The van der Waals surface area contributed by atoms with E-state index in [1.807, 2.05) is 31.4 Å². The average Bonchev–Trinajstić information content (AvgIpc) is 2.66. The summed E-state index contributed by atoms with van der Waals surface area (Å²) in [5.41, 5.74) is 1.22. The first kappa shape index (κ1) is 18.1. The first-order valence-electron chi connectivity index (χ1n) is 10.4. The van der Waals surface area contributed by atoms with Crippen molar-refractivity contribution in [3.05, 3.63) is 18.0 Å². The lowest BCUT2D eigenvalue weighted by Crippen LogP contribution is -2.63. The highest BCUT2D eigenvalue weighted by atomic mass is 15.4. The maximum absolute atomic E-state index is 4.42. The van der Waals surface area contributed by atoms with E-state index in [1.165, 1.54) is 76.9 Å². The van der Waals surface area contributed by atoms with Crippen molar-refractivity contribution in [1.29, 1.82) is 0 Å². The maximum atomic E-state index is 4.42. The summed E-state index contributed by atoms with van der Waals surface area (Å²) in [5.74, 6) is 0.783. The molecule has 0 spiro atoms. The van der Waals surface area contributed by atoms with Crippen LogP contribution in [0.15, 0.2) is 12.4 Å². The van der Waals surface area contributed by atoms with Crippen LogP contribution in [0.25, 0.3) is 0 Å². The fourth-order valence-corrected chi connectivity index (χ4v) is 4.74. The summed E-state index contributed by atoms with van der Waals surface area (Å²) in [6.45, 7) is 8.44. The second-order valence-corrected chi connectivity index (χ2v) is 8.50. The van der Waals surface area contributed by atoms with Gasteiger partial charge in [-0.15, -0.1) is 0 Å². The molecule has 0 amide bonds. The van der Waals surface area contributed by atoms with Crippen LogP contribution in [-0.4, -0.2) is 90.1 Å². The second kappa shape index (κ2) is 8.19. The number of nitrogens with zero attached hydrogens (tertiary/aromatic N) is 6. The molecule has 3 heterocycles. The summed E-state index contributed by atoms with van der Waals surface area (Å²) in [7, 11) is 3.95. The Morgan fingerprint density at radius 2 is 1.46 bits per heavy atom. The van der Waals surface area contributed by atoms with Gasteiger partial charge < -0.3 is 4.90 Å². The molecular weight excluding hydrogens is 324 g/mol. The van der Waals surface area contributed by atoms with Crippen LogP contribution in [-0.2, 0) is 6.54 Å². The molecule has 6 nitrogen and oxygen atoms in total. The maximum Gasteiger partial charge on any atom is 0.224 e. The van der Waals surface area contributed by atoms with Gasteiger partial charge in [-0.05, 0) is 12.8 Å². The van der Waals surface area contributed by atoms with E-state index in [1.54, 1.807) is 0 Å². The summed E-state index contributed by atoms with van der Waals surface area (Å²) in [6, 6.07) is 1.64. The van der Waals surface area contributed by atoms with E-state index < -0.39 is 0 Å². The number of piperazine rings is 1. The Labute approximate surface area is 158 Å². The molecule has 0 atom stereocenters. The van der Waals surface area contributed by atoms with Crippen molar-refractivity contribution in [2.75, 3.05) is 58.3 Å². The van der Waals surface area contributed by atoms with E-state index >= 15 is 0 Å². The van der Waals surface area contributed by atoms with Crippen molar-refractivity contribution < 1.29 is 0 Å². The van der Waals surface area contributed by atoms with Crippen molar-refractivity contribution >= 4 is 5.95 Å². The molecule has 0 N–H and O–H groups in total. The van der Waals surface area contributed by atoms with Crippen LogP contribution in [0.5, 0.6) is 0 Å². The molecule has 1 aromatic rings. The minimum Gasteiger partial charge on any atom is -0.347 e. The molecule has 1 aliphatic carbocycles. The normalized spacial score (nSPS) is 24.5. The molecule has 0 bridgehead atoms. The Kier molecular flexibility index (Phi) is 5.72. The molecule has 0 radical (unpaired) electrons. The number of anilines is 1. The third-order valence-corrected chi connectivity index (χ3v) is 6.39. The molecule has 4 rings (SSSR count). The fraction of sp³-hybridized carbons (Fsp3) is 0.800. The van der Waals surface area contributed by atoms with E-state index in [2.05, 4.69) is 24.7 Å². The summed E-state index contributed by atoms with van der Waals surface area (Å²) >= 11 is 0. The van der Waals surface area contributed by atoms with Crippen molar-refractivity contribution in [2.24, 2.45) is 0 Å². The monoisotopic (exact) mass is 358 g/mol. The topological polar surface area (TPSA) is 38.7 Å². The highest BCUT2D eigenvalue weighted by Gasteiger charge is 2.34. The van der Waals surface area contributed by atoms with Crippen molar-refractivity contribution in [3.63, 3.8) is 0 Å². The average molecular weight is 359 g/mol. The highest BCUT2D eigenvalue weighted by molar-refractivity contribution is 5.26. The van der Waals surface area contributed by atoms with E-state index in [-0.39, 0.29) is 0 Å². The zero-order valence-electron chi connectivity index (χ0n) is 16.5. The Bertz CT molecular complexity index is 554. The molecule has 3 aliphatic rings. The number of aromatic nitrogens is 2. The lowest BCUT2D eigenvalue weighted by atomic mass is 9.93. The summed E-state index contributed by atoms with van der Waals surface area (Å²) in [4.78, 5) is 18.8. The molecule has 2 aliphatic heterocycles. The Morgan fingerprint density at radius 1 is 0.885 bits per heavy atom. The highest BCUT2D eigenvalue weighted by Crippen LogP contribution is 2.25. The zero-order valence-corrected chi connectivity index (χ0v) is 16.5. The smallest absolute Gasteiger partial charge is 0.224 e. The SMILES string of the molecule is CN(C)c1ncc(CN2CC(N3CCN(C4CCCCC4)CC3)C2)cn1. The molecule has 0 unspecified atom stereocenters. The molecular formula is C20H34N6. The minimum absolute atomic E-state index is 0.755.